The molecule has 1 aliphatic carbocycles. The Morgan fingerprint density at radius 3 is 2.15 bits per heavy atom. The second-order valence-corrected chi connectivity index (χ2v) is 8.19. The number of hydrogen-bond acceptors (Lipinski definition) is 4. The van der Waals surface area contributed by atoms with E-state index in [2.05, 4.69) is 15.5 Å². The van der Waals surface area contributed by atoms with Gasteiger partial charge in [-0.2, -0.15) is 0 Å². The Bertz CT molecular complexity index is 449. The molecule has 2 heterocycles. The van der Waals surface area contributed by atoms with Crippen molar-refractivity contribution in [2.45, 2.75) is 76.3 Å². The maximum atomic E-state index is 12.1. The largest absolute Gasteiger partial charge is 0.381 e. The van der Waals surface area contributed by atoms with Crippen LogP contribution in [-0.2, 0) is 14.3 Å². The van der Waals surface area contributed by atoms with Crippen LogP contribution in [0.1, 0.15) is 64.2 Å². The maximum Gasteiger partial charge on any atom is 0.309 e. The number of nitrogens with zero attached hydrogens (tertiary/aromatic N) is 1. The van der Waals surface area contributed by atoms with Crippen LogP contribution in [0.15, 0.2) is 0 Å². The van der Waals surface area contributed by atoms with Crippen molar-refractivity contribution in [1.82, 2.24) is 15.5 Å². The molecule has 0 aromatic rings. The van der Waals surface area contributed by atoms with Gasteiger partial charge < -0.3 is 20.3 Å². The first-order chi connectivity index (χ1) is 12.7. The van der Waals surface area contributed by atoms with E-state index in [-0.39, 0.29) is 6.04 Å². The van der Waals surface area contributed by atoms with E-state index >= 15 is 0 Å². The number of amides is 2. The van der Waals surface area contributed by atoms with Gasteiger partial charge in [0.25, 0.3) is 0 Å². The molecule has 2 amide bonds. The van der Waals surface area contributed by atoms with Crippen LogP contribution >= 0.6 is 0 Å². The summed E-state index contributed by atoms with van der Waals surface area (Å²) in [6.07, 6.45) is 11.3. The summed E-state index contributed by atoms with van der Waals surface area (Å²) in [5, 5.41) is 5.79. The Hall–Kier alpha value is -1.14. The average Bonchev–Trinajstić information content (AvgIpc) is 2.96. The first kappa shape index (κ1) is 19.6. The van der Waals surface area contributed by atoms with E-state index in [1.807, 2.05) is 0 Å². The molecule has 26 heavy (non-hydrogen) atoms. The third kappa shape index (κ3) is 5.95. The van der Waals surface area contributed by atoms with Crippen molar-refractivity contribution in [1.29, 1.82) is 0 Å². The number of piperidine rings is 1. The van der Waals surface area contributed by atoms with E-state index in [4.69, 9.17) is 4.74 Å². The van der Waals surface area contributed by atoms with Crippen LogP contribution in [0, 0.1) is 5.92 Å². The highest BCUT2D eigenvalue weighted by Crippen LogP contribution is 2.22. The minimum Gasteiger partial charge on any atom is -0.381 e. The van der Waals surface area contributed by atoms with E-state index in [0.29, 0.717) is 18.5 Å². The lowest BCUT2D eigenvalue weighted by Crippen LogP contribution is -2.48. The van der Waals surface area contributed by atoms with Crippen LogP contribution in [0.2, 0.25) is 0 Å². The molecule has 3 aliphatic rings. The molecule has 2 saturated heterocycles. The molecule has 0 radical (unpaired) electrons. The third-order valence-electron chi connectivity index (χ3n) is 6.30. The number of carbonyl (C=O) groups excluding carboxylic acids is 2. The van der Waals surface area contributed by atoms with Gasteiger partial charge in [0.2, 0.25) is 0 Å². The van der Waals surface area contributed by atoms with Crippen LogP contribution in [0.5, 0.6) is 0 Å². The van der Waals surface area contributed by atoms with Crippen LogP contribution in [0.3, 0.4) is 0 Å². The smallest absolute Gasteiger partial charge is 0.309 e. The Morgan fingerprint density at radius 2 is 1.50 bits per heavy atom. The fraction of sp³-hybridized carbons (Fsp3) is 0.900. The maximum absolute atomic E-state index is 12.1. The topological polar surface area (TPSA) is 70.7 Å². The van der Waals surface area contributed by atoms with Gasteiger partial charge in [0, 0.05) is 31.8 Å². The molecule has 3 rings (SSSR count). The predicted molar refractivity (Wildman–Crippen MR) is 101 cm³/mol. The molecule has 0 unspecified atom stereocenters. The normalized spacial score (nSPS) is 24.8. The van der Waals surface area contributed by atoms with Crippen molar-refractivity contribution in [3.8, 4) is 0 Å². The van der Waals surface area contributed by atoms with Crippen molar-refractivity contribution < 1.29 is 14.3 Å². The lowest BCUT2D eigenvalue weighted by atomic mass is 9.94. The van der Waals surface area contributed by atoms with Gasteiger partial charge >= 0.3 is 11.8 Å². The summed E-state index contributed by atoms with van der Waals surface area (Å²) < 4.78 is 5.45. The number of likely N-dealkylation sites (tertiary alicyclic amines) is 1. The highest BCUT2D eigenvalue weighted by Gasteiger charge is 2.27. The SMILES string of the molecule is O=C(NCC1CCN(C2CCOCC2)CC1)C(=O)NC1CCCCCC1. The van der Waals surface area contributed by atoms with Gasteiger partial charge in [0.05, 0.1) is 0 Å². The Kier molecular flexibility index (Phi) is 7.74. The Labute approximate surface area is 157 Å². The van der Waals surface area contributed by atoms with Gasteiger partial charge in [-0.25, -0.2) is 0 Å². The van der Waals surface area contributed by atoms with E-state index in [1.165, 1.54) is 12.8 Å². The zero-order chi connectivity index (χ0) is 18.2. The van der Waals surface area contributed by atoms with E-state index in [9.17, 15) is 9.59 Å². The van der Waals surface area contributed by atoms with Gasteiger partial charge in [-0.3, -0.25) is 9.59 Å². The third-order valence-corrected chi connectivity index (χ3v) is 6.30. The van der Waals surface area contributed by atoms with Crippen LogP contribution in [0.4, 0.5) is 0 Å². The monoisotopic (exact) mass is 365 g/mol. The molecule has 6 heteroatoms. The number of nitrogens with one attached hydrogen (secondary N) is 2. The zero-order valence-electron chi connectivity index (χ0n) is 16.0. The van der Waals surface area contributed by atoms with Gasteiger partial charge in [-0.15, -0.1) is 0 Å². The minimum atomic E-state index is -0.457. The van der Waals surface area contributed by atoms with Crippen LogP contribution < -0.4 is 10.6 Å². The molecule has 3 fully saturated rings. The quantitative estimate of drug-likeness (QED) is 0.589. The number of carbonyl (C=O) groups is 2. The average molecular weight is 366 g/mol. The van der Waals surface area contributed by atoms with Gasteiger partial charge in [-0.05, 0) is 57.5 Å². The summed E-state index contributed by atoms with van der Waals surface area (Å²) >= 11 is 0. The predicted octanol–water partition coefficient (Wildman–Crippen LogP) is 1.83. The van der Waals surface area contributed by atoms with Crippen molar-refractivity contribution in [3.63, 3.8) is 0 Å². The van der Waals surface area contributed by atoms with Gasteiger partial charge in [0.15, 0.2) is 0 Å². The minimum absolute atomic E-state index is 0.179. The summed E-state index contributed by atoms with van der Waals surface area (Å²) in [7, 11) is 0. The summed E-state index contributed by atoms with van der Waals surface area (Å²) in [5.41, 5.74) is 0. The van der Waals surface area contributed by atoms with Gasteiger partial charge in [-0.1, -0.05) is 25.7 Å². The van der Waals surface area contributed by atoms with Crippen molar-refractivity contribution in [2.75, 3.05) is 32.8 Å². The second-order valence-electron chi connectivity index (χ2n) is 8.19. The molecule has 0 bridgehead atoms. The summed E-state index contributed by atoms with van der Waals surface area (Å²) in [6.45, 7) is 4.59. The summed E-state index contributed by atoms with van der Waals surface area (Å²) in [6, 6.07) is 0.850. The zero-order valence-corrected chi connectivity index (χ0v) is 16.0. The fourth-order valence-electron chi connectivity index (χ4n) is 4.56. The molecule has 148 valence electrons. The second kappa shape index (κ2) is 10.3. The highest BCUT2D eigenvalue weighted by molar-refractivity contribution is 6.35. The van der Waals surface area contributed by atoms with Crippen molar-refractivity contribution >= 4 is 11.8 Å². The van der Waals surface area contributed by atoms with Crippen molar-refractivity contribution in [2.24, 2.45) is 5.92 Å². The van der Waals surface area contributed by atoms with E-state index in [1.54, 1.807) is 0 Å². The highest BCUT2D eigenvalue weighted by atomic mass is 16.5. The van der Waals surface area contributed by atoms with E-state index < -0.39 is 11.8 Å². The number of ether oxygens (including phenoxy) is 1. The fourth-order valence-corrected chi connectivity index (χ4v) is 4.56. The number of rotatable bonds is 4. The summed E-state index contributed by atoms with van der Waals surface area (Å²) in [4.78, 5) is 26.8. The molecular weight excluding hydrogens is 330 g/mol. The van der Waals surface area contributed by atoms with Crippen molar-refractivity contribution in [3.05, 3.63) is 0 Å². The Morgan fingerprint density at radius 1 is 0.846 bits per heavy atom. The molecule has 0 atom stereocenters. The molecule has 0 aromatic heterocycles. The lowest BCUT2D eigenvalue weighted by Gasteiger charge is -2.39. The molecule has 2 aliphatic heterocycles. The van der Waals surface area contributed by atoms with Crippen LogP contribution in [-0.4, -0.2) is 61.6 Å². The molecule has 6 nitrogen and oxygen atoms in total. The lowest BCUT2D eigenvalue weighted by molar-refractivity contribution is -0.139. The van der Waals surface area contributed by atoms with Crippen LogP contribution in [0.25, 0.3) is 0 Å². The molecule has 1 saturated carbocycles. The molecule has 0 spiro atoms. The van der Waals surface area contributed by atoms with Gasteiger partial charge in [0.1, 0.15) is 0 Å². The molecule has 0 aromatic carbocycles. The first-order valence-corrected chi connectivity index (χ1v) is 10.6. The standard InChI is InChI=1S/C20H35N3O3/c24-19(20(25)22-17-5-3-1-2-4-6-17)21-15-16-7-11-23(12-8-16)18-9-13-26-14-10-18/h16-18H,1-15H2,(H,21,24)(H,22,25). The summed E-state index contributed by atoms with van der Waals surface area (Å²) in [5.74, 6) is -0.418. The molecule has 2 N–H and O–H groups in total. The first-order valence-electron chi connectivity index (χ1n) is 10.6. The molecular formula is C20H35N3O3. The Balaban J connectivity index is 1.32. The van der Waals surface area contributed by atoms with E-state index in [0.717, 1.165) is 77.7 Å². The number of hydrogen-bond donors (Lipinski definition) is 2.